The summed E-state index contributed by atoms with van der Waals surface area (Å²) in [7, 11) is -2.45. The fraction of sp³-hybridized carbons (Fsp3) is 0.500. The van der Waals surface area contributed by atoms with E-state index in [0.717, 1.165) is 19.3 Å². The van der Waals surface area contributed by atoms with Crippen molar-refractivity contribution >= 4 is 18.7 Å². The second kappa shape index (κ2) is 9.68. The molecule has 0 aromatic heterocycles. The van der Waals surface area contributed by atoms with Crippen LogP contribution in [0.15, 0.2) is 60.7 Å². The normalized spacial score (nSPS) is 14.7. The molecule has 0 unspecified atom stereocenters. The maximum atomic E-state index is 9.17. The molecule has 2 nitrogen and oxygen atoms in total. The molecule has 0 saturated carbocycles. The lowest BCUT2D eigenvalue weighted by Crippen LogP contribution is -2.67. The molecule has 0 bridgehead atoms. The van der Waals surface area contributed by atoms with Gasteiger partial charge in [-0.05, 0) is 47.5 Å². The zero-order chi connectivity index (χ0) is 19.9. The van der Waals surface area contributed by atoms with Crippen LogP contribution in [0.4, 0.5) is 0 Å². The molecule has 0 fully saturated rings. The third-order valence-electron chi connectivity index (χ3n) is 5.48. The number of hydrogen-bond donors (Lipinski definition) is 1. The van der Waals surface area contributed by atoms with Crippen molar-refractivity contribution in [2.24, 2.45) is 5.92 Å². The average Bonchev–Trinajstić information content (AvgIpc) is 2.65. The molecule has 2 rings (SSSR count). The van der Waals surface area contributed by atoms with Crippen LogP contribution in [0.25, 0.3) is 0 Å². The van der Waals surface area contributed by atoms with Gasteiger partial charge in [0.25, 0.3) is 8.32 Å². The van der Waals surface area contributed by atoms with E-state index in [1.54, 1.807) is 0 Å². The first-order chi connectivity index (χ1) is 12.8. The molecule has 0 aliphatic carbocycles. The maximum Gasteiger partial charge on any atom is 0.261 e. The van der Waals surface area contributed by atoms with Crippen LogP contribution < -0.4 is 10.4 Å². The van der Waals surface area contributed by atoms with Gasteiger partial charge >= 0.3 is 0 Å². The van der Waals surface area contributed by atoms with Gasteiger partial charge in [0.2, 0.25) is 0 Å². The van der Waals surface area contributed by atoms with Crippen molar-refractivity contribution in [1.82, 2.24) is 0 Å². The Morgan fingerprint density at radius 1 is 0.815 bits per heavy atom. The summed E-state index contributed by atoms with van der Waals surface area (Å²) < 4.78 is 7.08. The monoisotopic (exact) mass is 384 g/mol. The van der Waals surface area contributed by atoms with E-state index in [0.29, 0.717) is 5.92 Å². The molecular formula is C24H36O2Si. The SMILES string of the molecule is C[C@@H](CCO)CC[C@@H](C)O[Si](c1ccccc1)(c1ccccc1)C(C)(C)C. The number of hydrogen-bond acceptors (Lipinski definition) is 2. The molecule has 0 spiro atoms. The molecule has 0 aliphatic heterocycles. The Labute approximate surface area is 166 Å². The van der Waals surface area contributed by atoms with Gasteiger partial charge in [-0.2, -0.15) is 0 Å². The van der Waals surface area contributed by atoms with Gasteiger partial charge in [-0.1, -0.05) is 88.4 Å². The van der Waals surface area contributed by atoms with Crippen LogP contribution in [0.5, 0.6) is 0 Å². The summed E-state index contributed by atoms with van der Waals surface area (Å²) >= 11 is 0. The predicted octanol–water partition coefficient (Wildman–Crippen LogP) is 4.75. The Kier molecular flexibility index (Phi) is 7.84. The van der Waals surface area contributed by atoms with Crippen LogP contribution in [0.1, 0.15) is 53.9 Å². The minimum absolute atomic E-state index is 0.0146. The van der Waals surface area contributed by atoms with Crippen molar-refractivity contribution < 1.29 is 9.53 Å². The molecule has 148 valence electrons. The second-order valence-corrected chi connectivity index (χ2v) is 13.0. The number of aliphatic hydroxyl groups is 1. The summed E-state index contributed by atoms with van der Waals surface area (Å²) in [6.07, 6.45) is 3.15. The van der Waals surface area contributed by atoms with Gasteiger partial charge in [-0.3, -0.25) is 0 Å². The number of benzene rings is 2. The first kappa shape index (κ1) is 21.9. The third kappa shape index (κ3) is 5.31. The van der Waals surface area contributed by atoms with Crippen molar-refractivity contribution in [2.45, 2.75) is 65.0 Å². The van der Waals surface area contributed by atoms with E-state index < -0.39 is 8.32 Å². The minimum Gasteiger partial charge on any atom is -0.405 e. The second-order valence-electron chi connectivity index (χ2n) is 8.79. The van der Waals surface area contributed by atoms with Crippen LogP contribution in [0, 0.1) is 5.92 Å². The Bertz CT molecular complexity index is 624. The average molecular weight is 385 g/mol. The van der Waals surface area contributed by atoms with Crippen molar-refractivity contribution in [3.8, 4) is 0 Å². The van der Waals surface area contributed by atoms with E-state index in [-0.39, 0.29) is 17.7 Å². The van der Waals surface area contributed by atoms with E-state index in [2.05, 4.69) is 95.3 Å². The molecule has 2 aromatic rings. The topological polar surface area (TPSA) is 29.5 Å². The van der Waals surface area contributed by atoms with Crippen LogP contribution in [0.2, 0.25) is 5.04 Å². The van der Waals surface area contributed by atoms with Crippen molar-refractivity contribution in [2.75, 3.05) is 6.61 Å². The van der Waals surface area contributed by atoms with Crippen LogP contribution in [-0.4, -0.2) is 26.1 Å². The molecule has 3 heteroatoms. The molecule has 0 aliphatic rings. The first-order valence-corrected chi connectivity index (χ1v) is 12.1. The highest BCUT2D eigenvalue weighted by molar-refractivity contribution is 6.99. The van der Waals surface area contributed by atoms with Gasteiger partial charge in [-0.15, -0.1) is 0 Å². The Balaban J connectivity index is 2.40. The van der Waals surface area contributed by atoms with E-state index in [4.69, 9.17) is 9.53 Å². The van der Waals surface area contributed by atoms with Gasteiger partial charge in [0.05, 0.1) is 0 Å². The highest BCUT2D eigenvalue weighted by atomic mass is 28.4. The van der Waals surface area contributed by atoms with E-state index in [9.17, 15) is 0 Å². The summed E-state index contributed by atoms with van der Waals surface area (Å²) in [6, 6.07) is 21.6. The van der Waals surface area contributed by atoms with Crippen molar-refractivity contribution in [1.29, 1.82) is 0 Å². The maximum absolute atomic E-state index is 9.17. The summed E-state index contributed by atoms with van der Waals surface area (Å²) in [5, 5.41) is 11.8. The summed E-state index contributed by atoms with van der Waals surface area (Å²) in [5.74, 6) is 0.528. The zero-order valence-corrected chi connectivity index (χ0v) is 18.6. The van der Waals surface area contributed by atoms with Gasteiger partial charge in [0, 0.05) is 12.7 Å². The number of rotatable bonds is 9. The van der Waals surface area contributed by atoms with Crippen LogP contribution in [0.3, 0.4) is 0 Å². The Morgan fingerprint density at radius 3 is 1.70 bits per heavy atom. The summed E-state index contributed by atoms with van der Waals surface area (Å²) in [5.41, 5.74) is 0. The standard InChI is InChI=1S/C24H36O2Si/c1-20(18-19-25)16-17-21(2)26-27(24(3,4)5,22-12-8-6-9-13-22)23-14-10-7-11-15-23/h6-15,20-21,25H,16-19H2,1-5H3/t20-,21-/m1/s1. The summed E-state index contributed by atoms with van der Waals surface area (Å²) in [4.78, 5) is 0. The van der Waals surface area contributed by atoms with Gasteiger partial charge < -0.3 is 9.53 Å². The predicted molar refractivity (Wildman–Crippen MR) is 118 cm³/mol. The molecule has 0 amide bonds. The number of aliphatic hydroxyl groups excluding tert-OH is 1. The van der Waals surface area contributed by atoms with Crippen molar-refractivity contribution in [3.05, 3.63) is 60.7 Å². The zero-order valence-electron chi connectivity index (χ0n) is 17.6. The van der Waals surface area contributed by atoms with E-state index in [1.807, 2.05) is 0 Å². The lowest BCUT2D eigenvalue weighted by molar-refractivity contribution is 0.180. The summed E-state index contributed by atoms with van der Waals surface area (Å²) in [6.45, 7) is 11.7. The van der Waals surface area contributed by atoms with E-state index >= 15 is 0 Å². The van der Waals surface area contributed by atoms with Crippen LogP contribution in [-0.2, 0) is 4.43 Å². The lowest BCUT2D eigenvalue weighted by Gasteiger charge is -2.44. The fourth-order valence-corrected chi connectivity index (χ4v) is 8.67. The molecule has 0 heterocycles. The molecule has 0 saturated heterocycles. The van der Waals surface area contributed by atoms with Gasteiger partial charge in [0.1, 0.15) is 0 Å². The molecule has 2 aromatic carbocycles. The Morgan fingerprint density at radius 2 is 1.30 bits per heavy atom. The third-order valence-corrected chi connectivity index (χ3v) is 10.6. The smallest absolute Gasteiger partial charge is 0.261 e. The lowest BCUT2D eigenvalue weighted by atomic mass is 10.0. The van der Waals surface area contributed by atoms with Crippen LogP contribution >= 0.6 is 0 Å². The Hall–Kier alpha value is -1.42. The van der Waals surface area contributed by atoms with Gasteiger partial charge in [-0.25, -0.2) is 0 Å². The van der Waals surface area contributed by atoms with E-state index in [1.165, 1.54) is 10.4 Å². The van der Waals surface area contributed by atoms with Gasteiger partial charge in [0.15, 0.2) is 0 Å². The minimum atomic E-state index is -2.45. The molecule has 0 radical (unpaired) electrons. The quantitative estimate of drug-likeness (QED) is 0.632. The van der Waals surface area contributed by atoms with Crippen molar-refractivity contribution in [3.63, 3.8) is 0 Å². The molecule has 27 heavy (non-hydrogen) atoms. The molecular weight excluding hydrogens is 348 g/mol. The largest absolute Gasteiger partial charge is 0.405 e. The highest BCUT2D eigenvalue weighted by Gasteiger charge is 2.50. The molecule has 2 atom stereocenters. The molecule has 1 N–H and O–H groups in total. The first-order valence-electron chi connectivity index (χ1n) is 10.2. The highest BCUT2D eigenvalue weighted by Crippen LogP contribution is 2.38. The fourth-order valence-electron chi connectivity index (χ4n) is 3.94.